The second-order valence-electron chi connectivity index (χ2n) is 11.5. The van der Waals surface area contributed by atoms with Crippen molar-refractivity contribution in [3.05, 3.63) is 54.9 Å². The quantitative estimate of drug-likeness (QED) is 0.324. The van der Waals surface area contributed by atoms with Crippen LogP contribution in [0, 0.1) is 5.41 Å². The molecule has 10 nitrogen and oxygen atoms in total. The van der Waals surface area contributed by atoms with Crippen molar-refractivity contribution in [3.8, 4) is 22.6 Å². The lowest BCUT2D eigenvalue weighted by atomic mass is 9.61. The Balaban J connectivity index is 1.08. The summed E-state index contributed by atoms with van der Waals surface area (Å²) in [4.78, 5) is 22.2. The van der Waals surface area contributed by atoms with Gasteiger partial charge >= 0.3 is 0 Å². The van der Waals surface area contributed by atoms with Crippen molar-refractivity contribution in [2.75, 3.05) is 48.7 Å². The number of nitrogens with two attached hydrogens (primary N) is 1. The minimum Gasteiger partial charge on any atom is -0.368 e. The van der Waals surface area contributed by atoms with E-state index in [1.807, 2.05) is 47.1 Å². The van der Waals surface area contributed by atoms with E-state index in [0.29, 0.717) is 31.4 Å². The van der Waals surface area contributed by atoms with E-state index in [2.05, 4.69) is 30.1 Å². The standard InChI is InChI=1S/C29H32F2N10/c30-29(31)16-28(17-29)18-40(19-28)24-8-5-21(15-34-24)25-37-27(41(38-25)14-13-39-11-1-2-12-39)35-22-6-3-20(4-7-22)23-9-10-33-26(32)36-23/h3-10,15H,1-2,11-14,16-19H2,(H2,32,33,36)(H,35,37,38). The average Bonchev–Trinajstić information content (AvgIpc) is 3.60. The molecule has 2 saturated heterocycles. The summed E-state index contributed by atoms with van der Waals surface area (Å²) in [5.41, 5.74) is 8.88. The Kier molecular flexibility index (Phi) is 6.29. The molecule has 5 heterocycles. The van der Waals surface area contributed by atoms with Gasteiger partial charge in [0.2, 0.25) is 17.8 Å². The number of alkyl halides is 2. The smallest absolute Gasteiger partial charge is 0.249 e. The zero-order chi connectivity index (χ0) is 28.0. The molecule has 0 amide bonds. The first kappa shape index (κ1) is 25.8. The highest BCUT2D eigenvalue weighted by Crippen LogP contribution is 2.57. The number of halogens is 2. The molecular formula is C29H32F2N10. The van der Waals surface area contributed by atoms with Crippen LogP contribution in [0.25, 0.3) is 22.6 Å². The summed E-state index contributed by atoms with van der Waals surface area (Å²) in [6.45, 7) is 5.10. The maximum atomic E-state index is 13.4. The second-order valence-corrected chi connectivity index (χ2v) is 11.5. The van der Waals surface area contributed by atoms with Crippen LogP contribution in [0.4, 0.5) is 32.2 Å². The largest absolute Gasteiger partial charge is 0.368 e. The van der Waals surface area contributed by atoms with Gasteiger partial charge in [0, 0.05) is 67.1 Å². The Morgan fingerprint density at radius 3 is 2.32 bits per heavy atom. The summed E-state index contributed by atoms with van der Waals surface area (Å²) >= 11 is 0. The molecule has 0 unspecified atom stereocenters. The number of benzene rings is 1. The molecule has 7 rings (SSSR count). The normalized spacial score (nSPS) is 19.2. The van der Waals surface area contributed by atoms with Crippen molar-refractivity contribution < 1.29 is 8.78 Å². The van der Waals surface area contributed by atoms with Crippen LogP contribution < -0.4 is 16.0 Å². The van der Waals surface area contributed by atoms with E-state index >= 15 is 0 Å². The van der Waals surface area contributed by atoms with E-state index in [0.717, 1.165) is 48.0 Å². The highest BCUT2D eigenvalue weighted by molar-refractivity contribution is 5.66. The Morgan fingerprint density at radius 1 is 0.878 bits per heavy atom. The number of hydrogen-bond acceptors (Lipinski definition) is 9. The fourth-order valence-electron chi connectivity index (χ4n) is 6.24. The summed E-state index contributed by atoms with van der Waals surface area (Å²) in [5.74, 6) is -0.228. The second kappa shape index (κ2) is 10.0. The summed E-state index contributed by atoms with van der Waals surface area (Å²) < 4.78 is 28.7. The molecular weight excluding hydrogens is 526 g/mol. The van der Waals surface area contributed by atoms with Gasteiger partial charge in [-0.2, -0.15) is 4.98 Å². The van der Waals surface area contributed by atoms with Crippen molar-refractivity contribution in [1.29, 1.82) is 0 Å². The summed E-state index contributed by atoms with van der Waals surface area (Å²) in [6.07, 6.45) is 5.85. The molecule has 1 spiro atoms. The van der Waals surface area contributed by atoms with Crippen LogP contribution >= 0.6 is 0 Å². The third-order valence-corrected chi connectivity index (χ3v) is 8.26. The van der Waals surface area contributed by atoms with E-state index in [-0.39, 0.29) is 24.2 Å². The Labute approximate surface area is 236 Å². The van der Waals surface area contributed by atoms with Crippen LogP contribution in [0.2, 0.25) is 0 Å². The number of nitrogens with zero attached hydrogens (tertiary/aromatic N) is 8. The number of likely N-dealkylation sites (tertiary alicyclic amines) is 1. The molecule has 3 N–H and O–H groups in total. The van der Waals surface area contributed by atoms with Gasteiger partial charge in [0.1, 0.15) is 5.82 Å². The first-order chi connectivity index (χ1) is 19.8. The predicted octanol–water partition coefficient (Wildman–Crippen LogP) is 4.45. The maximum Gasteiger partial charge on any atom is 0.249 e. The Bertz CT molecular complexity index is 1510. The fraction of sp³-hybridized carbons (Fsp3) is 0.414. The van der Waals surface area contributed by atoms with Crippen molar-refractivity contribution >= 4 is 23.4 Å². The number of anilines is 4. The molecule has 12 heteroatoms. The van der Waals surface area contributed by atoms with Crippen LogP contribution in [-0.2, 0) is 6.54 Å². The van der Waals surface area contributed by atoms with Gasteiger partial charge in [0.15, 0.2) is 5.82 Å². The SMILES string of the molecule is Nc1nccc(-c2ccc(Nc3nc(-c4ccc(N5CC6(C5)CC(F)(F)C6)nc4)nn3CCN3CCCC3)cc2)n1. The summed E-state index contributed by atoms with van der Waals surface area (Å²) in [6, 6.07) is 13.6. The van der Waals surface area contributed by atoms with Gasteiger partial charge in [-0.25, -0.2) is 28.4 Å². The molecule has 1 saturated carbocycles. The number of aromatic nitrogens is 6. The molecule has 0 radical (unpaired) electrons. The molecule has 3 aromatic heterocycles. The minimum absolute atomic E-state index is 0.0128. The van der Waals surface area contributed by atoms with Gasteiger partial charge < -0.3 is 20.9 Å². The van der Waals surface area contributed by atoms with E-state index < -0.39 is 5.92 Å². The molecule has 3 fully saturated rings. The van der Waals surface area contributed by atoms with E-state index in [9.17, 15) is 8.78 Å². The number of rotatable bonds is 8. The molecule has 3 aliphatic rings. The highest BCUT2D eigenvalue weighted by atomic mass is 19.3. The highest BCUT2D eigenvalue weighted by Gasteiger charge is 2.61. The first-order valence-electron chi connectivity index (χ1n) is 14.1. The van der Waals surface area contributed by atoms with E-state index in [1.54, 1.807) is 12.4 Å². The molecule has 4 aromatic rings. The van der Waals surface area contributed by atoms with Gasteiger partial charge in [-0.3, -0.25) is 0 Å². The van der Waals surface area contributed by atoms with Gasteiger partial charge in [-0.05, 0) is 56.3 Å². The molecule has 2 aliphatic heterocycles. The molecule has 0 bridgehead atoms. The predicted molar refractivity (Wildman–Crippen MR) is 153 cm³/mol. The molecule has 1 aromatic carbocycles. The van der Waals surface area contributed by atoms with E-state index in [1.165, 1.54) is 12.8 Å². The van der Waals surface area contributed by atoms with Crippen LogP contribution in [0.15, 0.2) is 54.9 Å². The number of nitrogens with one attached hydrogen (secondary N) is 1. The van der Waals surface area contributed by atoms with Crippen molar-refractivity contribution in [3.63, 3.8) is 0 Å². The van der Waals surface area contributed by atoms with Gasteiger partial charge in [-0.15, -0.1) is 5.10 Å². The number of nitrogen functional groups attached to an aromatic ring is 1. The topological polar surface area (TPSA) is 114 Å². The zero-order valence-corrected chi connectivity index (χ0v) is 22.7. The van der Waals surface area contributed by atoms with Crippen molar-refractivity contribution in [2.45, 2.75) is 38.2 Å². The minimum atomic E-state index is -2.50. The van der Waals surface area contributed by atoms with Gasteiger partial charge in [0.25, 0.3) is 0 Å². The molecule has 1 aliphatic carbocycles. The van der Waals surface area contributed by atoms with Crippen LogP contribution in [0.3, 0.4) is 0 Å². The number of pyridine rings is 1. The van der Waals surface area contributed by atoms with Crippen molar-refractivity contribution in [1.82, 2.24) is 34.6 Å². The van der Waals surface area contributed by atoms with Gasteiger partial charge in [0.05, 0.1) is 12.2 Å². The van der Waals surface area contributed by atoms with E-state index in [4.69, 9.17) is 15.8 Å². The summed E-state index contributed by atoms with van der Waals surface area (Å²) in [5, 5.41) is 8.26. The zero-order valence-electron chi connectivity index (χ0n) is 22.7. The van der Waals surface area contributed by atoms with Crippen molar-refractivity contribution in [2.24, 2.45) is 5.41 Å². The summed E-state index contributed by atoms with van der Waals surface area (Å²) in [7, 11) is 0. The molecule has 41 heavy (non-hydrogen) atoms. The first-order valence-corrected chi connectivity index (χ1v) is 14.1. The lowest BCUT2D eigenvalue weighted by Gasteiger charge is -2.59. The average molecular weight is 559 g/mol. The van der Waals surface area contributed by atoms with Crippen LogP contribution in [-0.4, -0.2) is 73.3 Å². The fourth-order valence-corrected chi connectivity index (χ4v) is 6.24. The third kappa shape index (κ3) is 5.31. The molecule has 0 atom stereocenters. The number of hydrogen-bond donors (Lipinski definition) is 2. The van der Waals surface area contributed by atoms with Crippen LogP contribution in [0.5, 0.6) is 0 Å². The third-order valence-electron chi connectivity index (χ3n) is 8.26. The monoisotopic (exact) mass is 558 g/mol. The maximum absolute atomic E-state index is 13.4. The Hall–Kier alpha value is -4.19. The van der Waals surface area contributed by atoms with Gasteiger partial charge in [-0.1, -0.05) is 12.1 Å². The lowest BCUT2D eigenvalue weighted by Crippen LogP contribution is -2.66. The lowest BCUT2D eigenvalue weighted by molar-refractivity contribution is -0.170. The van der Waals surface area contributed by atoms with Crippen LogP contribution in [0.1, 0.15) is 25.7 Å². The Morgan fingerprint density at radius 2 is 1.63 bits per heavy atom. The molecule has 212 valence electrons.